The van der Waals surface area contributed by atoms with E-state index in [1.165, 1.54) is 10.7 Å². The molecule has 0 aliphatic heterocycles. The van der Waals surface area contributed by atoms with Gasteiger partial charge in [-0.05, 0) is 30.2 Å². The van der Waals surface area contributed by atoms with Crippen LogP contribution in [-0.2, 0) is 23.7 Å². The van der Waals surface area contributed by atoms with Crippen molar-refractivity contribution in [2.24, 2.45) is 7.05 Å². The zero-order valence-corrected chi connectivity index (χ0v) is 13.4. The summed E-state index contributed by atoms with van der Waals surface area (Å²) in [4.78, 5) is 0.113. The van der Waals surface area contributed by atoms with Gasteiger partial charge in [-0.15, -0.1) is 0 Å². The summed E-state index contributed by atoms with van der Waals surface area (Å²) in [6.45, 7) is 1.46. The van der Waals surface area contributed by atoms with Gasteiger partial charge in [0, 0.05) is 23.8 Å². The monoisotopic (exact) mass is 359 g/mol. The number of anilines is 1. The summed E-state index contributed by atoms with van der Waals surface area (Å²) >= 11 is 3.30. The molecule has 0 fully saturated rings. The summed E-state index contributed by atoms with van der Waals surface area (Å²) in [7, 11) is -2.05. The maximum Gasteiger partial charge on any atom is 0.263 e. The minimum Gasteiger partial charge on any atom is -0.392 e. The van der Waals surface area contributed by atoms with Gasteiger partial charge in [-0.3, -0.25) is 9.40 Å². The van der Waals surface area contributed by atoms with E-state index in [1.54, 1.807) is 32.3 Å². The Morgan fingerprint density at radius 2 is 2.15 bits per heavy atom. The SMILES string of the molecule is Cc1c(Br)cc(CO)cc1S(=O)(=O)Nc1ccn(C)n1. The molecule has 0 saturated heterocycles. The van der Waals surface area contributed by atoms with Crippen molar-refractivity contribution in [3.8, 4) is 0 Å². The Kier molecular flexibility index (Phi) is 4.17. The quantitative estimate of drug-likeness (QED) is 0.871. The molecular formula is C12H14BrN3O3S. The lowest BCUT2D eigenvalue weighted by Gasteiger charge is -2.11. The highest BCUT2D eigenvalue weighted by Crippen LogP contribution is 2.27. The Hall–Kier alpha value is -1.38. The largest absolute Gasteiger partial charge is 0.392 e. The number of rotatable bonds is 4. The minimum absolute atomic E-state index is 0.113. The van der Waals surface area contributed by atoms with E-state index in [9.17, 15) is 13.5 Å². The van der Waals surface area contributed by atoms with Crippen LogP contribution < -0.4 is 4.72 Å². The van der Waals surface area contributed by atoms with Crippen molar-refractivity contribution in [2.45, 2.75) is 18.4 Å². The Labute approximate surface area is 125 Å². The molecule has 8 heteroatoms. The molecule has 0 spiro atoms. The molecule has 0 atom stereocenters. The van der Waals surface area contributed by atoms with Crippen molar-refractivity contribution in [2.75, 3.05) is 4.72 Å². The summed E-state index contributed by atoms with van der Waals surface area (Å²) in [5, 5.41) is 13.2. The second kappa shape index (κ2) is 5.55. The summed E-state index contributed by atoms with van der Waals surface area (Å²) in [5.74, 6) is 0.248. The molecule has 0 bridgehead atoms. The number of halogens is 1. The van der Waals surface area contributed by atoms with Crippen LogP contribution in [0.4, 0.5) is 5.82 Å². The predicted octanol–water partition coefficient (Wildman–Crippen LogP) is 1.78. The van der Waals surface area contributed by atoms with Crippen LogP contribution in [-0.4, -0.2) is 23.3 Å². The fraction of sp³-hybridized carbons (Fsp3) is 0.250. The Morgan fingerprint density at radius 1 is 1.45 bits per heavy atom. The molecule has 0 unspecified atom stereocenters. The first-order valence-corrected chi connectivity index (χ1v) is 8.03. The van der Waals surface area contributed by atoms with Gasteiger partial charge in [0.2, 0.25) is 0 Å². The number of aryl methyl sites for hydroxylation is 1. The number of hydrogen-bond donors (Lipinski definition) is 2. The second-order valence-corrected chi connectivity index (χ2v) is 6.84. The molecule has 2 rings (SSSR count). The lowest BCUT2D eigenvalue weighted by atomic mass is 10.2. The number of nitrogens with zero attached hydrogens (tertiary/aromatic N) is 2. The van der Waals surface area contributed by atoms with E-state index in [4.69, 9.17) is 0 Å². The maximum atomic E-state index is 12.4. The lowest BCUT2D eigenvalue weighted by Crippen LogP contribution is -2.15. The molecule has 0 radical (unpaired) electrons. The third kappa shape index (κ3) is 3.02. The normalized spacial score (nSPS) is 11.6. The van der Waals surface area contributed by atoms with Gasteiger partial charge in [0.1, 0.15) is 0 Å². The molecule has 2 N–H and O–H groups in total. The van der Waals surface area contributed by atoms with Crippen LogP contribution in [0.15, 0.2) is 33.8 Å². The van der Waals surface area contributed by atoms with Crippen LogP contribution in [0.25, 0.3) is 0 Å². The molecule has 20 heavy (non-hydrogen) atoms. The van der Waals surface area contributed by atoms with E-state index in [-0.39, 0.29) is 17.3 Å². The predicted molar refractivity (Wildman–Crippen MR) is 78.8 cm³/mol. The average molecular weight is 360 g/mol. The Bertz CT molecular complexity index is 740. The van der Waals surface area contributed by atoms with Crippen molar-refractivity contribution >= 4 is 31.8 Å². The highest BCUT2D eigenvalue weighted by Gasteiger charge is 2.20. The van der Waals surface area contributed by atoms with E-state index < -0.39 is 10.0 Å². The van der Waals surface area contributed by atoms with Gasteiger partial charge in [0.25, 0.3) is 10.0 Å². The number of aliphatic hydroxyl groups is 1. The highest BCUT2D eigenvalue weighted by molar-refractivity contribution is 9.10. The first-order valence-electron chi connectivity index (χ1n) is 5.76. The topological polar surface area (TPSA) is 84.2 Å². The molecule has 2 aromatic rings. The van der Waals surface area contributed by atoms with E-state index in [1.807, 2.05) is 0 Å². The van der Waals surface area contributed by atoms with Gasteiger partial charge in [-0.25, -0.2) is 8.42 Å². The first kappa shape index (κ1) is 15.0. The van der Waals surface area contributed by atoms with Crippen molar-refractivity contribution in [3.05, 3.63) is 40.0 Å². The first-order chi connectivity index (χ1) is 9.33. The maximum absolute atomic E-state index is 12.4. The van der Waals surface area contributed by atoms with E-state index >= 15 is 0 Å². The molecular weight excluding hydrogens is 346 g/mol. The van der Waals surface area contributed by atoms with Crippen LogP contribution in [0.2, 0.25) is 0 Å². The third-order valence-electron chi connectivity index (χ3n) is 2.78. The number of nitrogens with one attached hydrogen (secondary N) is 1. The van der Waals surface area contributed by atoms with Gasteiger partial charge in [-0.1, -0.05) is 15.9 Å². The Morgan fingerprint density at radius 3 is 2.70 bits per heavy atom. The molecule has 0 saturated carbocycles. The van der Waals surface area contributed by atoms with Gasteiger partial charge in [-0.2, -0.15) is 5.10 Å². The fourth-order valence-corrected chi connectivity index (χ4v) is 3.69. The molecule has 108 valence electrons. The van der Waals surface area contributed by atoms with Crippen molar-refractivity contribution in [1.82, 2.24) is 9.78 Å². The molecule has 1 aromatic carbocycles. The summed E-state index contributed by atoms with van der Waals surface area (Å²) in [5.41, 5.74) is 1.09. The molecule has 0 aliphatic carbocycles. The number of sulfonamides is 1. The van der Waals surface area contributed by atoms with Crippen molar-refractivity contribution < 1.29 is 13.5 Å². The van der Waals surface area contributed by atoms with Crippen LogP contribution >= 0.6 is 15.9 Å². The lowest BCUT2D eigenvalue weighted by molar-refractivity contribution is 0.281. The summed E-state index contributed by atoms with van der Waals surface area (Å²) in [6.07, 6.45) is 1.64. The summed E-state index contributed by atoms with van der Waals surface area (Å²) in [6, 6.07) is 4.71. The minimum atomic E-state index is -3.75. The number of aliphatic hydroxyl groups excluding tert-OH is 1. The van der Waals surface area contributed by atoms with Gasteiger partial charge in [0.05, 0.1) is 11.5 Å². The van der Waals surface area contributed by atoms with E-state index in [2.05, 4.69) is 25.8 Å². The van der Waals surface area contributed by atoms with E-state index in [0.29, 0.717) is 15.6 Å². The molecule has 0 aliphatic rings. The highest BCUT2D eigenvalue weighted by atomic mass is 79.9. The standard InChI is InChI=1S/C12H14BrN3O3S/c1-8-10(13)5-9(7-17)6-11(8)20(18,19)15-12-3-4-16(2)14-12/h3-6,17H,7H2,1-2H3,(H,14,15). The smallest absolute Gasteiger partial charge is 0.263 e. The molecule has 1 aromatic heterocycles. The second-order valence-electron chi connectivity index (χ2n) is 4.34. The molecule has 6 nitrogen and oxygen atoms in total. The van der Waals surface area contributed by atoms with Gasteiger partial charge < -0.3 is 5.11 Å². The van der Waals surface area contributed by atoms with Crippen LogP contribution in [0.3, 0.4) is 0 Å². The van der Waals surface area contributed by atoms with E-state index in [0.717, 1.165) is 0 Å². The van der Waals surface area contributed by atoms with Gasteiger partial charge in [0.15, 0.2) is 5.82 Å². The van der Waals surface area contributed by atoms with Crippen molar-refractivity contribution in [1.29, 1.82) is 0 Å². The number of aromatic nitrogens is 2. The zero-order valence-electron chi connectivity index (χ0n) is 11.0. The zero-order chi connectivity index (χ0) is 14.9. The average Bonchev–Trinajstić information content (AvgIpc) is 2.76. The Balaban J connectivity index is 2.46. The third-order valence-corrected chi connectivity index (χ3v) is 5.09. The van der Waals surface area contributed by atoms with Crippen LogP contribution in [0.5, 0.6) is 0 Å². The molecule has 1 heterocycles. The van der Waals surface area contributed by atoms with Crippen molar-refractivity contribution in [3.63, 3.8) is 0 Å². The number of hydrogen-bond acceptors (Lipinski definition) is 4. The van der Waals surface area contributed by atoms with Crippen LogP contribution in [0, 0.1) is 6.92 Å². The molecule has 0 amide bonds. The van der Waals surface area contributed by atoms with Crippen LogP contribution in [0.1, 0.15) is 11.1 Å². The van der Waals surface area contributed by atoms with Gasteiger partial charge >= 0.3 is 0 Å². The summed E-state index contributed by atoms with van der Waals surface area (Å²) < 4.78 is 29.3. The fourth-order valence-electron chi connectivity index (χ4n) is 1.74. The number of benzene rings is 1.